The highest BCUT2D eigenvalue weighted by Gasteiger charge is 2.14. The van der Waals surface area contributed by atoms with E-state index in [0.717, 1.165) is 43.8 Å². The third-order valence-corrected chi connectivity index (χ3v) is 7.30. The lowest BCUT2D eigenvalue weighted by molar-refractivity contribution is 0.0957. The maximum Gasteiger partial charge on any atom is 0.261 e. The molecule has 144 valence electrons. The number of hydrogen-bond acceptors (Lipinski definition) is 8. The minimum atomic E-state index is -0.0294. The lowest BCUT2D eigenvalue weighted by atomic mass is 10.2. The van der Waals surface area contributed by atoms with Crippen LogP contribution in [0.4, 0.5) is 5.13 Å². The number of rotatable bonds is 7. The average Bonchev–Trinajstić information content (AvgIpc) is 3.40. The van der Waals surface area contributed by atoms with E-state index in [4.69, 9.17) is 0 Å². The van der Waals surface area contributed by atoms with E-state index in [-0.39, 0.29) is 5.91 Å². The molecule has 4 aromatic heterocycles. The van der Waals surface area contributed by atoms with Gasteiger partial charge in [-0.3, -0.25) is 9.78 Å². The summed E-state index contributed by atoms with van der Waals surface area (Å²) < 4.78 is 1.06. The maximum absolute atomic E-state index is 12.4. The number of carbonyl (C=O) groups excluding carboxylic acids is 1. The van der Waals surface area contributed by atoms with Gasteiger partial charge in [0.2, 0.25) is 0 Å². The third kappa shape index (κ3) is 4.21. The molecule has 0 fully saturated rings. The average molecular weight is 430 g/mol. The topological polar surface area (TPSA) is 71.0 Å². The van der Waals surface area contributed by atoms with E-state index in [2.05, 4.69) is 25.6 Å². The van der Waals surface area contributed by atoms with E-state index in [1.54, 1.807) is 35.1 Å². The fourth-order valence-electron chi connectivity index (χ4n) is 2.64. The molecule has 9 heteroatoms. The van der Waals surface area contributed by atoms with Crippen LogP contribution in [0.25, 0.3) is 20.8 Å². The number of anilines is 1. The predicted molar refractivity (Wildman–Crippen MR) is 118 cm³/mol. The molecule has 0 spiro atoms. The van der Waals surface area contributed by atoms with Gasteiger partial charge in [0.25, 0.3) is 5.91 Å². The van der Waals surface area contributed by atoms with Crippen molar-refractivity contribution in [3.05, 3.63) is 45.9 Å². The summed E-state index contributed by atoms with van der Waals surface area (Å²) in [4.78, 5) is 29.3. The zero-order chi connectivity index (χ0) is 19.5. The molecule has 4 rings (SSSR count). The van der Waals surface area contributed by atoms with E-state index in [1.165, 1.54) is 11.3 Å². The number of fused-ring (bicyclic) bond motifs is 1. The van der Waals surface area contributed by atoms with Crippen molar-refractivity contribution in [3.63, 3.8) is 0 Å². The first-order chi connectivity index (χ1) is 13.6. The second-order valence-electron chi connectivity index (χ2n) is 6.39. The highest BCUT2D eigenvalue weighted by atomic mass is 32.1. The molecule has 4 heterocycles. The molecule has 0 unspecified atom stereocenters. The number of thiophene rings is 1. The van der Waals surface area contributed by atoms with Gasteiger partial charge in [-0.25, -0.2) is 9.97 Å². The number of nitrogens with one attached hydrogen (secondary N) is 1. The monoisotopic (exact) mass is 429 g/mol. The summed E-state index contributed by atoms with van der Waals surface area (Å²) in [5, 5.41) is 7.11. The van der Waals surface area contributed by atoms with Gasteiger partial charge in [-0.15, -0.1) is 22.7 Å². The first-order valence-corrected chi connectivity index (χ1v) is 11.3. The van der Waals surface area contributed by atoms with Gasteiger partial charge in [0.05, 0.1) is 20.3 Å². The summed E-state index contributed by atoms with van der Waals surface area (Å²) >= 11 is 4.70. The van der Waals surface area contributed by atoms with E-state index in [1.807, 2.05) is 37.2 Å². The Morgan fingerprint density at radius 2 is 2.00 bits per heavy atom. The number of hydrogen-bond donors (Lipinski definition) is 1. The van der Waals surface area contributed by atoms with Crippen LogP contribution in [0.3, 0.4) is 0 Å². The molecule has 0 saturated heterocycles. The predicted octanol–water partition coefficient (Wildman–Crippen LogP) is 4.30. The van der Waals surface area contributed by atoms with Gasteiger partial charge < -0.3 is 10.2 Å². The molecular formula is C19H19N5OS3. The number of thiazole rings is 2. The summed E-state index contributed by atoms with van der Waals surface area (Å²) in [5.41, 5.74) is 2.06. The largest absolute Gasteiger partial charge is 0.354 e. The Morgan fingerprint density at radius 1 is 1.18 bits per heavy atom. The van der Waals surface area contributed by atoms with Crippen LogP contribution in [0.15, 0.2) is 36.0 Å². The Bertz CT molecular complexity index is 1050. The molecular weight excluding hydrogens is 410 g/mol. The van der Waals surface area contributed by atoms with Crippen molar-refractivity contribution >= 4 is 54.6 Å². The number of pyridine rings is 1. The fourth-order valence-corrected chi connectivity index (χ4v) is 5.54. The van der Waals surface area contributed by atoms with Crippen LogP contribution >= 0.6 is 34.0 Å². The maximum atomic E-state index is 12.4. The van der Waals surface area contributed by atoms with Crippen LogP contribution in [0.5, 0.6) is 0 Å². The second kappa shape index (κ2) is 8.34. The molecule has 0 aliphatic rings. The van der Waals surface area contributed by atoms with Gasteiger partial charge >= 0.3 is 0 Å². The number of aryl methyl sites for hydroxylation is 1. The van der Waals surface area contributed by atoms with Crippen LogP contribution < -0.4 is 10.2 Å². The SMILES string of the molecule is CN(C)c1nc2sc(C(=O)NCCCc3nc(-c4ccncc4)cs3)cc2s1. The van der Waals surface area contributed by atoms with Gasteiger partial charge in [-0.2, -0.15) is 0 Å². The Morgan fingerprint density at radius 3 is 2.75 bits per heavy atom. The fraction of sp³-hybridized carbons (Fsp3) is 0.263. The Balaban J connectivity index is 1.28. The van der Waals surface area contributed by atoms with Crippen LogP contribution in [0.2, 0.25) is 0 Å². The standard InChI is InChI=1S/C19H19N5OS3/c1-24(2)19-23-18-15(28-19)10-14(27-18)17(25)21-7-3-4-16-22-13(11-26-16)12-5-8-20-9-6-12/h5-6,8-11H,3-4,7H2,1-2H3,(H,21,25). The van der Waals surface area contributed by atoms with Gasteiger partial charge in [-0.05, 0) is 24.6 Å². The molecule has 28 heavy (non-hydrogen) atoms. The lowest BCUT2D eigenvalue weighted by Crippen LogP contribution is -2.23. The highest BCUT2D eigenvalue weighted by molar-refractivity contribution is 7.29. The van der Waals surface area contributed by atoms with Crippen molar-refractivity contribution in [2.24, 2.45) is 0 Å². The Hall–Kier alpha value is -2.36. The Kier molecular flexibility index (Phi) is 5.65. The van der Waals surface area contributed by atoms with Crippen LogP contribution in [-0.4, -0.2) is 41.5 Å². The zero-order valence-corrected chi connectivity index (χ0v) is 18.0. The van der Waals surface area contributed by atoms with Gasteiger partial charge in [-0.1, -0.05) is 11.3 Å². The van der Waals surface area contributed by atoms with Gasteiger partial charge in [0.1, 0.15) is 4.83 Å². The van der Waals surface area contributed by atoms with Crippen molar-refractivity contribution in [2.45, 2.75) is 12.8 Å². The number of nitrogens with zero attached hydrogens (tertiary/aromatic N) is 4. The van der Waals surface area contributed by atoms with Crippen LogP contribution in [0.1, 0.15) is 21.1 Å². The van der Waals surface area contributed by atoms with E-state index < -0.39 is 0 Å². The smallest absolute Gasteiger partial charge is 0.261 e. The summed E-state index contributed by atoms with van der Waals surface area (Å²) in [6, 6.07) is 5.85. The van der Waals surface area contributed by atoms with Crippen molar-refractivity contribution in [1.29, 1.82) is 0 Å². The molecule has 6 nitrogen and oxygen atoms in total. The number of aromatic nitrogens is 3. The normalized spacial score (nSPS) is 11.1. The quantitative estimate of drug-likeness (QED) is 0.444. The highest BCUT2D eigenvalue weighted by Crippen LogP contribution is 2.33. The lowest BCUT2D eigenvalue weighted by Gasteiger charge is -2.05. The molecule has 1 N–H and O–H groups in total. The molecule has 1 amide bonds. The van der Waals surface area contributed by atoms with Gasteiger partial charge in [0.15, 0.2) is 5.13 Å². The van der Waals surface area contributed by atoms with Crippen molar-refractivity contribution in [3.8, 4) is 11.3 Å². The summed E-state index contributed by atoms with van der Waals surface area (Å²) in [6.07, 6.45) is 5.26. The molecule has 0 atom stereocenters. The number of amides is 1. The van der Waals surface area contributed by atoms with E-state index in [0.29, 0.717) is 11.4 Å². The molecule has 0 radical (unpaired) electrons. The Labute approximate surface area is 174 Å². The molecule has 0 aromatic carbocycles. The van der Waals surface area contributed by atoms with Crippen LogP contribution in [-0.2, 0) is 6.42 Å². The summed E-state index contributed by atoms with van der Waals surface area (Å²) in [7, 11) is 3.94. The van der Waals surface area contributed by atoms with Crippen molar-refractivity contribution < 1.29 is 4.79 Å². The first kappa shape index (κ1) is 19.0. The summed E-state index contributed by atoms with van der Waals surface area (Å²) in [6.45, 7) is 0.630. The zero-order valence-electron chi connectivity index (χ0n) is 15.5. The molecule has 0 bridgehead atoms. The minimum absolute atomic E-state index is 0.0294. The van der Waals surface area contributed by atoms with Crippen molar-refractivity contribution in [1.82, 2.24) is 20.3 Å². The molecule has 0 saturated carbocycles. The minimum Gasteiger partial charge on any atom is -0.354 e. The van der Waals surface area contributed by atoms with E-state index in [9.17, 15) is 4.79 Å². The van der Waals surface area contributed by atoms with Crippen LogP contribution in [0, 0.1) is 0 Å². The molecule has 0 aliphatic heterocycles. The number of carbonyl (C=O) groups is 1. The first-order valence-electron chi connectivity index (χ1n) is 8.81. The van der Waals surface area contributed by atoms with Crippen molar-refractivity contribution in [2.75, 3.05) is 25.5 Å². The summed E-state index contributed by atoms with van der Waals surface area (Å²) in [5.74, 6) is -0.0294. The van der Waals surface area contributed by atoms with E-state index >= 15 is 0 Å². The molecule has 4 aromatic rings. The molecule has 0 aliphatic carbocycles. The third-order valence-electron chi connectivity index (χ3n) is 4.07. The second-order valence-corrected chi connectivity index (χ2v) is 9.38. The van der Waals surface area contributed by atoms with Gasteiger partial charge in [0, 0.05) is 50.4 Å².